The fraction of sp³-hybridized carbons (Fsp3) is 0.333. The number of nitrogens with one attached hydrogen (secondary N) is 1. The van der Waals surface area contributed by atoms with Crippen molar-refractivity contribution in [3.05, 3.63) is 34.4 Å². The normalized spacial score (nSPS) is 18.1. The first-order valence-electron chi connectivity index (χ1n) is 5.57. The molecule has 1 fully saturated rings. The van der Waals surface area contributed by atoms with Crippen LogP contribution in [-0.2, 0) is 9.59 Å². The van der Waals surface area contributed by atoms with Gasteiger partial charge < -0.3 is 9.32 Å². The Kier molecular flexibility index (Phi) is 2.97. The molecule has 0 aliphatic carbocycles. The fourth-order valence-electron chi connectivity index (χ4n) is 1.74. The lowest BCUT2D eigenvalue weighted by Crippen LogP contribution is -2.65. The summed E-state index contributed by atoms with van der Waals surface area (Å²) < 4.78 is 4.60. The minimum atomic E-state index is -1.15. The van der Waals surface area contributed by atoms with E-state index in [0.717, 1.165) is 17.2 Å². The highest BCUT2D eigenvalue weighted by atomic mass is 16.4. The second kappa shape index (κ2) is 4.34. The van der Waals surface area contributed by atoms with E-state index in [1.165, 1.54) is 19.9 Å². The van der Waals surface area contributed by atoms with Gasteiger partial charge in [0, 0.05) is 6.07 Å². The summed E-state index contributed by atoms with van der Waals surface area (Å²) >= 11 is 0. The molecule has 1 N–H and O–H groups in total. The third-order valence-corrected chi connectivity index (χ3v) is 2.98. The standard InChI is InChI=1S/C12H12N2O5/c1-12(2)11(18)13-8(15)5-14(12)10(17)7-3-4-9(16)19-6-7/h3-4,6H,5H2,1-2H3,(H,13,15,18). The summed E-state index contributed by atoms with van der Waals surface area (Å²) in [7, 11) is 0. The van der Waals surface area contributed by atoms with Crippen molar-refractivity contribution in [3.8, 4) is 0 Å². The van der Waals surface area contributed by atoms with Crippen LogP contribution in [0.2, 0.25) is 0 Å². The molecular formula is C12H12N2O5. The van der Waals surface area contributed by atoms with Crippen LogP contribution in [0, 0.1) is 0 Å². The fourth-order valence-corrected chi connectivity index (χ4v) is 1.74. The molecule has 3 amide bonds. The zero-order valence-corrected chi connectivity index (χ0v) is 10.4. The van der Waals surface area contributed by atoms with Crippen molar-refractivity contribution < 1.29 is 18.8 Å². The molecule has 2 rings (SSSR count). The average molecular weight is 264 g/mol. The lowest BCUT2D eigenvalue weighted by atomic mass is 9.97. The van der Waals surface area contributed by atoms with Gasteiger partial charge in [0.2, 0.25) is 5.91 Å². The summed E-state index contributed by atoms with van der Waals surface area (Å²) in [6, 6.07) is 2.40. The Balaban J connectivity index is 2.36. The number of carbonyl (C=O) groups excluding carboxylic acids is 3. The van der Waals surface area contributed by atoms with E-state index in [1.807, 2.05) is 0 Å². The summed E-state index contributed by atoms with van der Waals surface area (Å²) in [5.41, 5.74) is -1.63. The zero-order chi connectivity index (χ0) is 14.2. The van der Waals surface area contributed by atoms with Crippen LogP contribution in [0.25, 0.3) is 0 Å². The van der Waals surface area contributed by atoms with Crippen molar-refractivity contribution in [2.75, 3.05) is 6.54 Å². The van der Waals surface area contributed by atoms with Gasteiger partial charge >= 0.3 is 5.63 Å². The maximum atomic E-state index is 12.2. The van der Waals surface area contributed by atoms with Crippen LogP contribution in [0.5, 0.6) is 0 Å². The minimum absolute atomic E-state index is 0.107. The van der Waals surface area contributed by atoms with Crippen molar-refractivity contribution in [2.24, 2.45) is 0 Å². The van der Waals surface area contributed by atoms with E-state index in [1.54, 1.807) is 0 Å². The van der Waals surface area contributed by atoms with E-state index in [0.29, 0.717) is 0 Å². The predicted octanol–water partition coefficient (Wildman–Crippen LogP) is -0.483. The van der Waals surface area contributed by atoms with Gasteiger partial charge in [-0.3, -0.25) is 19.7 Å². The maximum absolute atomic E-state index is 12.2. The summed E-state index contributed by atoms with van der Waals surface area (Å²) in [5.74, 6) is -1.64. The number of carbonyl (C=O) groups is 3. The van der Waals surface area contributed by atoms with Crippen LogP contribution in [0.4, 0.5) is 0 Å². The molecule has 1 aromatic heterocycles. The molecule has 0 spiro atoms. The Morgan fingerprint density at radius 3 is 2.58 bits per heavy atom. The lowest BCUT2D eigenvalue weighted by Gasteiger charge is -2.39. The SMILES string of the molecule is CC1(C)C(=O)NC(=O)CN1C(=O)c1ccc(=O)oc1. The Hall–Kier alpha value is -2.44. The number of hydrogen-bond donors (Lipinski definition) is 1. The molecule has 0 aromatic carbocycles. The zero-order valence-electron chi connectivity index (χ0n) is 10.4. The van der Waals surface area contributed by atoms with Gasteiger partial charge in [0.1, 0.15) is 18.3 Å². The number of hydrogen-bond acceptors (Lipinski definition) is 5. The molecule has 0 unspecified atom stereocenters. The smallest absolute Gasteiger partial charge is 0.335 e. The van der Waals surface area contributed by atoms with Gasteiger partial charge in [0.05, 0.1) is 5.56 Å². The monoisotopic (exact) mass is 264 g/mol. The van der Waals surface area contributed by atoms with Gasteiger partial charge in [0.25, 0.3) is 11.8 Å². The van der Waals surface area contributed by atoms with Gasteiger partial charge in [0.15, 0.2) is 0 Å². The second-order valence-electron chi connectivity index (χ2n) is 4.67. The Morgan fingerprint density at radius 1 is 1.32 bits per heavy atom. The van der Waals surface area contributed by atoms with Gasteiger partial charge in [-0.2, -0.15) is 0 Å². The Morgan fingerprint density at radius 2 is 2.00 bits per heavy atom. The molecule has 100 valence electrons. The molecular weight excluding hydrogens is 252 g/mol. The largest absolute Gasteiger partial charge is 0.430 e. The molecule has 0 saturated carbocycles. The molecule has 1 aliphatic heterocycles. The van der Waals surface area contributed by atoms with Gasteiger partial charge in [-0.05, 0) is 19.9 Å². The van der Waals surface area contributed by atoms with E-state index in [2.05, 4.69) is 9.73 Å². The summed E-state index contributed by atoms with van der Waals surface area (Å²) in [6.45, 7) is 2.84. The third kappa shape index (κ3) is 2.26. The molecule has 2 heterocycles. The predicted molar refractivity (Wildman–Crippen MR) is 63.2 cm³/mol. The summed E-state index contributed by atoms with van der Waals surface area (Å²) in [5, 5.41) is 2.17. The number of nitrogens with zero attached hydrogens (tertiary/aromatic N) is 1. The average Bonchev–Trinajstić information content (AvgIpc) is 2.34. The highest BCUT2D eigenvalue weighted by Crippen LogP contribution is 2.20. The van der Waals surface area contributed by atoms with Crippen molar-refractivity contribution >= 4 is 17.7 Å². The number of rotatable bonds is 1. The molecule has 0 atom stereocenters. The van der Waals surface area contributed by atoms with Crippen molar-refractivity contribution in [2.45, 2.75) is 19.4 Å². The lowest BCUT2D eigenvalue weighted by molar-refractivity contribution is -0.143. The van der Waals surface area contributed by atoms with Crippen LogP contribution in [0.1, 0.15) is 24.2 Å². The van der Waals surface area contributed by atoms with Crippen LogP contribution < -0.4 is 10.9 Å². The van der Waals surface area contributed by atoms with Crippen LogP contribution in [0.3, 0.4) is 0 Å². The van der Waals surface area contributed by atoms with Crippen molar-refractivity contribution in [1.82, 2.24) is 10.2 Å². The number of piperazine rings is 1. The van der Waals surface area contributed by atoms with Crippen LogP contribution in [0.15, 0.2) is 27.6 Å². The van der Waals surface area contributed by atoms with E-state index in [-0.39, 0.29) is 12.1 Å². The van der Waals surface area contributed by atoms with Crippen LogP contribution in [-0.4, -0.2) is 34.7 Å². The summed E-state index contributed by atoms with van der Waals surface area (Å²) in [4.78, 5) is 47.3. The van der Waals surface area contributed by atoms with E-state index >= 15 is 0 Å². The molecule has 19 heavy (non-hydrogen) atoms. The topological polar surface area (TPSA) is 96.7 Å². The first-order chi connectivity index (χ1) is 8.82. The number of imide groups is 1. The van der Waals surface area contributed by atoms with Crippen molar-refractivity contribution in [3.63, 3.8) is 0 Å². The Labute approximate surface area is 108 Å². The van der Waals surface area contributed by atoms with Gasteiger partial charge in [-0.25, -0.2) is 4.79 Å². The highest BCUT2D eigenvalue weighted by molar-refractivity contribution is 6.08. The quantitative estimate of drug-likeness (QED) is 0.691. The molecule has 7 nitrogen and oxygen atoms in total. The maximum Gasteiger partial charge on any atom is 0.335 e. The van der Waals surface area contributed by atoms with E-state index < -0.39 is 28.9 Å². The van der Waals surface area contributed by atoms with E-state index in [4.69, 9.17) is 0 Å². The molecule has 1 aliphatic rings. The molecule has 0 radical (unpaired) electrons. The van der Waals surface area contributed by atoms with Gasteiger partial charge in [-0.1, -0.05) is 0 Å². The van der Waals surface area contributed by atoms with Gasteiger partial charge in [-0.15, -0.1) is 0 Å². The minimum Gasteiger partial charge on any atom is -0.430 e. The summed E-state index contributed by atoms with van der Waals surface area (Å²) in [6.07, 6.45) is 1.01. The molecule has 1 aromatic rings. The van der Waals surface area contributed by atoms with Crippen LogP contribution >= 0.6 is 0 Å². The molecule has 1 saturated heterocycles. The van der Waals surface area contributed by atoms with Crippen molar-refractivity contribution in [1.29, 1.82) is 0 Å². The first-order valence-corrected chi connectivity index (χ1v) is 5.57. The molecule has 7 heteroatoms. The Bertz CT molecular complexity index is 596. The molecule has 0 bridgehead atoms. The first kappa shape index (κ1) is 13.0. The highest BCUT2D eigenvalue weighted by Gasteiger charge is 2.43. The number of amides is 3. The third-order valence-electron chi connectivity index (χ3n) is 2.98. The van der Waals surface area contributed by atoms with E-state index in [9.17, 15) is 19.2 Å². The second-order valence-corrected chi connectivity index (χ2v) is 4.67.